The van der Waals surface area contributed by atoms with E-state index in [-0.39, 0.29) is 47.1 Å². The number of fused-ring (bicyclic) bond motifs is 1. The van der Waals surface area contributed by atoms with Crippen molar-refractivity contribution in [3.63, 3.8) is 0 Å². The zero-order valence-corrected chi connectivity index (χ0v) is 27.7. The van der Waals surface area contributed by atoms with Crippen LogP contribution in [0.2, 0.25) is 0 Å². The zero-order valence-electron chi connectivity index (χ0n) is 26.0. The molecule has 3 atom stereocenters. The molecule has 0 spiro atoms. The van der Waals surface area contributed by atoms with Crippen LogP contribution in [0.3, 0.4) is 0 Å². The van der Waals surface area contributed by atoms with Crippen molar-refractivity contribution in [3.8, 4) is 11.1 Å². The lowest BCUT2D eigenvalue weighted by atomic mass is 10.0. The minimum Gasteiger partial charge on any atom is -0.543 e. The molecule has 4 N–H and O–H groups in total. The Balaban J connectivity index is 1.10. The first-order chi connectivity index (χ1) is 23.5. The first-order valence-electron chi connectivity index (χ1n) is 14.8. The van der Waals surface area contributed by atoms with Crippen molar-refractivity contribution in [2.75, 3.05) is 36.6 Å². The number of nitrogens with one attached hydrogen (secondary N) is 2. The number of nitrogens with two attached hydrogens (primary N) is 1. The van der Waals surface area contributed by atoms with Gasteiger partial charge in [-0.05, 0) is 23.3 Å². The highest BCUT2D eigenvalue weighted by atomic mass is 32.2. The summed E-state index contributed by atoms with van der Waals surface area (Å²) in [6.45, 7) is 2.14. The molecule has 3 aliphatic rings. The topological polar surface area (TPSA) is 225 Å². The van der Waals surface area contributed by atoms with Crippen molar-refractivity contribution in [1.29, 1.82) is 0 Å². The average Bonchev–Trinajstić information content (AvgIpc) is 3.69. The lowest BCUT2D eigenvalue weighted by Gasteiger charge is -2.50. The number of β-lactam (4-membered cyclic amide) rings is 1. The van der Waals surface area contributed by atoms with Gasteiger partial charge in [0, 0.05) is 47.6 Å². The number of nitrogen functional groups attached to an aromatic ring is 1. The third-order valence-electron chi connectivity index (χ3n) is 7.81. The molecule has 49 heavy (non-hydrogen) atoms. The van der Waals surface area contributed by atoms with Crippen LogP contribution >= 0.6 is 23.3 Å². The largest absolute Gasteiger partial charge is 0.543 e. The van der Waals surface area contributed by atoms with E-state index < -0.39 is 41.4 Å². The number of cyclic esters (lactones) is 1. The molecule has 2 saturated heterocycles. The summed E-state index contributed by atoms with van der Waals surface area (Å²) >= 11 is 2.17. The summed E-state index contributed by atoms with van der Waals surface area (Å²) in [5, 5.41) is 20.6. The number of benzene rings is 1. The summed E-state index contributed by atoms with van der Waals surface area (Å²) in [6.07, 6.45) is 2.66. The van der Waals surface area contributed by atoms with Crippen molar-refractivity contribution in [1.82, 2.24) is 24.9 Å². The molecule has 0 radical (unpaired) electrons. The van der Waals surface area contributed by atoms with Gasteiger partial charge in [0.2, 0.25) is 17.4 Å². The Hall–Kier alpha value is -5.56. The summed E-state index contributed by atoms with van der Waals surface area (Å²) in [6, 6.07) is 10.1. The highest BCUT2D eigenvalue weighted by Gasteiger charge is 2.53. The van der Waals surface area contributed by atoms with Crippen LogP contribution in [-0.4, -0.2) is 93.2 Å². The number of anilines is 2. The van der Waals surface area contributed by atoms with Crippen LogP contribution in [0.25, 0.3) is 11.1 Å². The molecule has 17 nitrogen and oxygen atoms in total. The highest BCUT2D eigenvalue weighted by molar-refractivity contribution is 8.00. The lowest BCUT2D eigenvalue weighted by Crippen LogP contribution is -2.71. The van der Waals surface area contributed by atoms with Crippen LogP contribution in [-0.2, 0) is 35.3 Å². The smallest absolute Gasteiger partial charge is 0.414 e. The van der Waals surface area contributed by atoms with Gasteiger partial charge < -0.3 is 35.8 Å². The fourth-order valence-electron chi connectivity index (χ4n) is 5.51. The number of carboxylic acid groups (broad SMARTS) is 1. The van der Waals surface area contributed by atoms with Gasteiger partial charge >= 0.3 is 6.09 Å². The molecule has 0 bridgehead atoms. The Bertz CT molecular complexity index is 1880. The summed E-state index contributed by atoms with van der Waals surface area (Å²) in [7, 11) is 1.24. The molecule has 254 valence electrons. The number of carbonyl (C=O) groups excluding carboxylic acids is 5. The van der Waals surface area contributed by atoms with E-state index >= 15 is 0 Å². The van der Waals surface area contributed by atoms with Crippen molar-refractivity contribution in [2.45, 2.75) is 31.0 Å². The van der Waals surface area contributed by atoms with E-state index in [9.17, 15) is 29.1 Å². The second-order valence-electron chi connectivity index (χ2n) is 11.0. The van der Waals surface area contributed by atoms with Crippen molar-refractivity contribution in [3.05, 3.63) is 65.9 Å². The SMILES string of the molecule is CO/N=C(\C(=O)N[C@@H]1C(=O)N2C(C(=O)[O-])=C(C[n+]3ccc(-c4ccc(N5C[C@H](CNC(C)=O)OC5=O)cc4)cc3)CSC12)c1nsc(N)n1. The Morgan fingerprint density at radius 3 is 2.51 bits per heavy atom. The standard InChI is InChI=1S/C30H29N9O8S2/c1-15(40)32-11-20-13-38(30(45)47-20)19-5-3-16(4-6-19)17-7-9-37(10-8-17)12-18-14-48-27-22(26(42)39(27)23(18)28(43)44)33-25(41)21(35-46-2)24-34-29(31)49-36-24/h3-10,20,22,27H,11-14H2,1-2H3,(H4-,31,32,33,34,36,40,41,43,44)/b35-21-/t20-,22+,27?/m0/s1. The van der Waals surface area contributed by atoms with Gasteiger partial charge in [0.25, 0.3) is 11.8 Å². The van der Waals surface area contributed by atoms with Crippen LogP contribution in [0.4, 0.5) is 15.6 Å². The fourth-order valence-corrected chi connectivity index (χ4v) is 7.28. The first-order valence-corrected chi connectivity index (χ1v) is 16.6. The monoisotopic (exact) mass is 707 g/mol. The maximum Gasteiger partial charge on any atom is 0.414 e. The first kappa shape index (κ1) is 33.3. The number of aromatic nitrogens is 3. The molecule has 4 amide bonds. The van der Waals surface area contributed by atoms with E-state index in [4.69, 9.17) is 15.3 Å². The van der Waals surface area contributed by atoms with Gasteiger partial charge in [0.1, 0.15) is 24.6 Å². The second kappa shape index (κ2) is 13.9. The van der Waals surface area contributed by atoms with Crippen molar-refractivity contribution >= 4 is 69.6 Å². The number of ether oxygens (including phenoxy) is 1. The molecule has 0 aliphatic carbocycles. The average molecular weight is 708 g/mol. The number of aliphatic carboxylic acids is 1. The lowest BCUT2D eigenvalue weighted by molar-refractivity contribution is -0.689. The van der Waals surface area contributed by atoms with E-state index in [1.807, 2.05) is 36.4 Å². The van der Waals surface area contributed by atoms with Crippen LogP contribution in [0, 0.1) is 0 Å². The highest BCUT2D eigenvalue weighted by Crippen LogP contribution is 2.40. The fraction of sp³-hybridized carbons (Fsp3) is 0.300. The van der Waals surface area contributed by atoms with Crippen LogP contribution in [0.5, 0.6) is 0 Å². The number of carbonyl (C=O) groups is 5. The van der Waals surface area contributed by atoms with E-state index in [0.29, 0.717) is 17.8 Å². The zero-order chi connectivity index (χ0) is 34.8. The molecule has 2 fully saturated rings. The number of thioether (sulfide) groups is 1. The summed E-state index contributed by atoms with van der Waals surface area (Å²) in [5.74, 6) is -2.88. The van der Waals surface area contributed by atoms with Gasteiger partial charge in [-0.2, -0.15) is 9.36 Å². The minimum atomic E-state index is -1.50. The molecule has 3 aromatic rings. The normalized spacial score (nSPS) is 20.4. The van der Waals surface area contributed by atoms with Gasteiger partial charge in [-0.3, -0.25) is 24.2 Å². The minimum absolute atomic E-state index is 0.0672. The molecule has 1 unspecified atom stereocenters. The van der Waals surface area contributed by atoms with Gasteiger partial charge in [-0.1, -0.05) is 17.3 Å². The van der Waals surface area contributed by atoms with E-state index in [1.54, 1.807) is 17.0 Å². The van der Waals surface area contributed by atoms with Crippen molar-refractivity contribution in [2.24, 2.45) is 5.16 Å². The maximum atomic E-state index is 13.2. The Labute approximate surface area is 286 Å². The predicted octanol–water partition coefficient (Wildman–Crippen LogP) is -1.01. The Kier molecular flexibility index (Phi) is 9.45. The van der Waals surface area contributed by atoms with Gasteiger partial charge in [0.15, 0.2) is 24.1 Å². The molecule has 5 heterocycles. The molecular formula is C30H29N9O8S2. The number of amides is 4. The van der Waals surface area contributed by atoms with E-state index in [1.165, 1.54) is 30.7 Å². The van der Waals surface area contributed by atoms with Gasteiger partial charge in [0.05, 0.1) is 24.8 Å². The number of rotatable bonds is 11. The third-order valence-corrected chi connectivity index (χ3v) is 9.69. The maximum absolute atomic E-state index is 13.2. The quantitative estimate of drug-likeness (QED) is 0.0944. The summed E-state index contributed by atoms with van der Waals surface area (Å²) in [5.41, 5.74) is 8.00. The van der Waals surface area contributed by atoms with E-state index in [2.05, 4.69) is 25.1 Å². The number of hydrogen-bond donors (Lipinski definition) is 3. The number of carboxylic acids is 1. The molecule has 2 aromatic heterocycles. The van der Waals surface area contributed by atoms with E-state index in [0.717, 1.165) is 27.6 Å². The van der Waals surface area contributed by atoms with Crippen LogP contribution in [0.1, 0.15) is 12.7 Å². The molecule has 1 aromatic carbocycles. The Morgan fingerprint density at radius 2 is 1.88 bits per heavy atom. The van der Waals surface area contributed by atoms with Crippen LogP contribution in [0.15, 0.2) is 65.2 Å². The third kappa shape index (κ3) is 6.88. The molecule has 3 aliphatic heterocycles. The van der Waals surface area contributed by atoms with Crippen LogP contribution < -0.4 is 30.9 Å². The molecule has 19 heteroatoms. The number of hydrogen-bond acceptors (Lipinski definition) is 14. The number of oxime groups is 1. The number of nitrogens with zero attached hydrogens (tertiary/aromatic N) is 6. The summed E-state index contributed by atoms with van der Waals surface area (Å²) < 4.78 is 11.1. The predicted molar refractivity (Wildman–Crippen MR) is 173 cm³/mol. The van der Waals surface area contributed by atoms with Gasteiger partial charge in [-0.15, -0.1) is 11.8 Å². The molecule has 0 saturated carbocycles. The second-order valence-corrected chi connectivity index (χ2v) is 12.9. The molecular weight excluding hydrogens is 679 g/mol. The number of pyridine rings is 1. The Morgan fingerprint density at radius 1 is 1.16 bits per heavy atom. The van der Waals surface area contributed by atoms with Crippen molar-refractivity contribution < 1.29 is 43.2 Å². The summed E-state index contributed by atoms with van der Waals surface area (Å²) in [4.78, 5) is 73.3. The molecule has 6 rings (SSSR count). The van der Waals surface area contributed by atoms with Gasteiger partial charge in [-0.25, -0.2) is 9.36 Å².